The van der Waals surface area contributed by atoms with E-state index < -0.39 is 23.4 Å². The van der Waals surface area contributed by atoms with Gasteiger partial charge >= 0.3 is 11.9 Å². The molecule has 0 fully saturated rings. The summed E-state index contributed by atoms with van der Waals surface area (Å²) in [5, 5.41) is 10.6. The molecule has 1 amide bonds. The normalized spacial score (nSPS) is 10.3. The number of rotatable bonds is 7. The summed E-state index contributed by atoms with van der Waals surface area (Å²) in [7, 11) is 2.42. The first-order valence-corrected chi connectivity index (χ1v) is 10.2. The van der Waals surface area contributed by atoms with Crippen molar-refractivity contribution >= 4 is 35.3 Å². The maximum Gasteiger partial charge on any atom is 0.339 e. The quantitative estimate of drug-likeness (QED) is 0.406. The van der Waals surface area contributed by atoms with E-state index in [1.807, 2.05) is 6.07 Å². The van der Waals surface area contributed by atoms with Gasteiger partial charge in [-0.05, 0) is 18.2 Å². The fourth-order valence-electron chi connectivity index (χ4n) is 2.67. The van der Waals surface area contributed by atoms with Crippen LogP contribution in [0.2, 0.25) is 0 Å². The van der Waals surface area contributed by atoms with E-state index in [0.717, 1.165) is 11.8 Å². The highest BCUT2D eigenvalue weighted by Crippen LogP contribution is 2.21. The van der Waals surface area contributed by atoms with Crippen molar-refractivity contribution in [2.24, 2.45) is 0 Å². The summed E-state index contributed by atoms with van der Waals surface area (Å²) < 4.78 is 9.37. The minimum Gasteiger partial charge on any atom is -0.465 e. The number of carbonyl (C=O) groups excluding carboxylic acids is 3. The van der Waals surface area contributed by atoms with Crippen molar-refractivity contribution in [3.8, 4) is 11.3 Å². The molecule has 0 spiro atoms. The summed E-state index contributed by atoms with van der Waals surface area (Å²) in [5.41, 5.74) is 0.657. The van der Waals surface area contributed by atoms with Crippen molar-refractivity contribution < 1.29 is 23.9 Å². The van der Waals surface area contributed by atoms with Crippen molar-refractivity contribution in [3.05, 3.63) is 70.0 Å². The second-order valence-electron chi connectivity index (χ2n) is 6.25. The third kappa shape index (κ3) is 5.38. The zero-order chi connectivity index (χ0) is 23.1. The lowest BCUT2D eigenvalue weighted by atomic mass is 10.1. The summed E-state index contributed by atoms with van der Waals surface area (Å²) in [6.45, 7) is 0. The Morgan fingerprint density at radius 2 is 1.72 bits per heavy atom. The highest BCUT2D eigenvalue weighted by atomic mass is 32.2. The summed E-state index contributed by atoms with van der Waals surface area (Å²) in [5.74, 6) is -1.95. The molecule has 0 saturated carbocycles. The monoisotopic (exact) mass is 454 g/mol. The number of esters is 2. The predicted molar refractivity (Wildman–Crippen MR) is 117 cm³/mol. The third-order valence-corrected chi connectivity index (χ3v) is 5.05. The number of methoxy groups -OCH3 is 2. The van der Waals surface area contributed by atoms with E-state index in [4.69, 9.17) is 4.74 Å². The molecule has 2 aromatic carbocycles. The number of aromatic amines is 1. The van der Waals surface area contributed by atoms with Crippen molar-refractivity contribution in [1.82, 2.24) is 15.2 Å². The molecule has 1 heterocycles. The molecule has 0 bridgehead atoms. The lowest BCUT2D eigenvalue weighted by molar-refractivity contribution is -0.113. The van der Waals surface area contributed by atoms with Crippen LogP contribution in [0.25, 0.3) is 11.3 Å². The second-order valence-corrected chi connectivity index (χ2v) is 7.22. The van der Waals surface area contributed by atoms with Gasteiger partial charge in [0.1, 0.15) is 0 Å². The number of hydrogen-bond acceptors (Lipinski definition) is 9. The fourth-order valence-corrected chi connectivity index (χ4v) is 3.28. The Hall–Kier alpha value is -3.99. The Bertz CT molecular complexity index is 1210. The molecule has 0 aliphatic rings. The fraction of sp³-hybridized carbons (Fsp3) is 0.143. The van der Waals surface area contributed by atoms with Gasteiger partial charge in [0, 0.05) is 5.56 Å². The number of amides is 1. The smallest absolute Gasteiger partial charge is 0.339 e. The summed E-state index contributed by atoms with van der Waals surface area (Å²) in [6.07, 6.45) is 0. The maximum atomic E-state index is 12.4. The number of nitrogens with one attached hydrogen (secondary N) is 2. The highest BCUT2D eigenvalue weighted by Gasteiger charge is 2.18. The first kappa shape index (κ1) is 22.7. The molecular formula is C21H18N4O6S. The molecule has 10 nitrogen and oxygen atoms in total. The van der Waals surface area contributed by atoms with Crippen molar-refractivity contribution in [3.63, 3.8) is 0 Å². The van der Waals surface area contributed by atoms with E-state index in [1.165, 1.54) is 32.4 Å². The molecule has 0 saturated heterocycles. The van der Waals surface area contributed by atoms with Crippen LogP contribution >= 0.6 is 11.8 Å². The van der Waals surface area contributed by atoms with Gasteiger partial charge in [-0.2, -0.15) is 0 Å². The van der Waals surface area contributed by atoms with Crippen molar-refractivity contribution in [2.45, 2.75) is 5.16 Å². The molecule has 0 aliphatic heterocycles. The molecule has 0 radical (unpaired) electrons. The number of hydrogen-bond donors (Lipinski definition) is 2. The van der Waals surface area contributed by atoms with Crippen molar-refractivity contribution in [2.75, 3.05) is 25.3 Å². The van der Waals surface area contributed by atoms with E-state index in [2.05, 4.69) is 25.2 Å². The van der Waals surface area contributed by atoms with Crippen LogP contribution in [-0.2, 0) is 14.3 Å². The number of anilines is 1. The van der Waals surface area contributed by atoms with Crippen LogP contribution in [0.15, 0.2) is 58.5 Å². The van der Waals surface area contributed by atoms with Gasteiger partial charge in [-0.1, -0.05) is 42.1 Å². The zero-order valence-electron chi connectivity index (χ0n) is 17.1. The Kier molecular flexibility index (Phi) is 7.34. The topological polar surface area (TPSA) is 140 Å². The molecule has 0 aliphatic carbocycles. The number of benzene rings is 2. The lowest BCUT2D eigenvalue weighted by Gasteiger charge is -2.11. The maximum absolute atomic E-state index is 12.4. The molecule has 164 valence electrons. The van der Waals surface area contributed by atoms with Crippen LogP contribution in [0.5, 0.6) is 0 Å². The number of H-pyrrole nitrogens is 1. The third-order valence-electron chi connectivity index (χ3n) is 4.18. The van der Waals surface area contributed by atoms with E-state index >= 15 is 0 Å². The van der Waals surface area contributed by atoms with Gasteiger partial charge < -0.3 is 14.8 Å². The summed E-state index contributed by atoms with van der Waals surface area (Å²) >= 11 is 0.952. The molecular weight excluding hydrogens is 436 g/mol. The van der Waals surface area contributed by atoms with Crippen LogP contribution < -0.4 is 10.9 Å². The van der Waals surface area contributed by atoms with E-state index in [9.17, 15) is 19.2 Å². The van der Waals surface area contributed by atoms with Gasteiger partial charge in [0.05, 0.1) is 36.8 Å². The van der Waals surface area contributed by atoms with Gasteiger partial charge in [0.25, 0.3) is 5.56 Å². The number of thioether (sulfide) groups is 1. The number of carbonyl (C=O) groups is 3. The number of nitrogens with zero attached hydrogens (tertiary/aromatic N) is 2. The van der Waals surface area contributed by atoms with E-state index in [1.54, 1.807) is 24.3 Å². The number of ether oxygens (including phenoxy) is 2. The second kappa shape index (κ2) is 10.4. The number of aromatic nitrogens is 3. The lowest BCUT2D eigenvalue weighted by Crippen LogP contribution is -2.19. The Balaban J connectivity index is 1.72. The van der Waals surface area contributed by atoms with Gasteiger partial charge in [-0.3, -0.25) is 14.6 Å². The van der Waals surface area contributed by atoms with Gasteiger partial charge in [0.15, 0.2) is 10.9 Å². The van der Waals surface area contributed by atoms with Crippen LogP contribution in [-0.4, -0.2) is 53.0 Å². The average molecular weight is 454 g/mol. The van der Waals surface area contributed by atoms with Gasteiger partial charge in [-0.25, -0.2) is 9.59 Å². The highest BCUT2D eigenvalue weighted by molar-refractivity contribution is 7.99. The molecule has 1 aromatic heterocycles. The largest absolute Gasteiger partial charge is 0.465 e. The van der Waals surface area contributed by atoms with Gasteiger partial charge in [-0.15, -0.1) is 10.2 Å². The summed E-state index contributed by atoms with van der Waals surface area (Å²) in [6, 6.07) is 12.9. The molecule has 3 aromatic rings. The zero-order valence-corrected chi connectivity index (χ0v) is 17.9. The molecule has 11 heteroatoms. The molecule has 32 heavy (non-hydrogen) atoms. The van der Waals surface area contributed by atoms with Crippen molar-refractivity contribution in [1.29, 1.82) is 0 Å². The van der Waals surface area contributed by atoms with Crippen LogP contribution in [0, 0.1) is 0 Å². The predicted octanol–water partition coefficient (Wildman–Crippen LogP) is 2.14. The van der Waals surface area contributed by atoms with Crippen LogP contribution in [0.4, 0.5) is 5.69 Å². The Morgan fingerprint density at radius 3 is 2.38 bits per heavy atom. The van der Waals surface area contributed by atoms with E-state index in [0.29, 0.717) is 5.56 Å². The molecule has 3 rings (SSSR count). The van der Waals surface area contributed by atoms with E-state index in [-0.39, 0.29) is 33.4 Å². The Labute approximate surface area is 186 Å². The SMILES string of the molecule is COC(=O)c1ccc(C(=O)OC)c(NC(=O)CSc2nnc(-c3ccccc3)c(=O)[nH]2)c1. The van der Waals surface area contributed by atoms with Gasteiger partial charge in [0.2, 0.25) is 5.91 Å². The Morgan fingerprint density at radius 1 is 1.00 bits per heavy atom. The minimum absolute atomic E-state index is 0.0684. The standard InChI is InChI=1S/C21H18N4O6S/c1-30-19(28)13-8-9-14(20(29)31-2)15(10-13)22-16(26)11-32-21-23-18(27)17(24-25-21)12-6-4-3-5-7-12/h3-10H,11H2,1-2H3,(H,22,26)(H,23,25,27). The average Bonchev–Trinajstić information content (AvgIpc) is 2.82. The first-order chi connectivity index (χ1) is 15.4. The first-order valence-electron chi connectivity index (χ1n) is 9.18. The molecule has 0 unspecified atom stereocenters. The molecule has 2 N–H and O–H groups in total. The van der Waals surface area contributed by atoms with Crippen LogP contribution in [0.1, 0.15) is 20.7 Å². The molecule has 0 atom stereocenters. The van der Waals surface area contributed by atoms with Crippen LogP contribution in [0.3, 0.4) is 0 Å². The summed E-state index contributed by atoms with van der Waals surface area (Å²) in [4.78, 5) is 51.1. The minimum atomic E-state index is -0.684.